The third-order valence-electron chi connectivity index (χ3n) is 1.38. The molecule has 0 amide bonds. The van der Waals surface area contributed by atoms with Crippen LogP contribution >= 0.6 is 0 Å². The molecule has 0 bridgehead atoms. The monoisotopic (exact) mass is 153 g/mol. The molecule has 0 saturated heterocycles. The molecular formula is C10H14F. The van der Waals surface area contributed by atoms with Gasteiger partial charge in [-0.1, -0.05) is 32.3 Å². The van der Waals surface area contributed by atoms with Crippen LogP contribution < -0.4 is 0 Å². The topological polar surface area (TPSA) is 0 Å². The van der Waals surface area contributed by atoms with E-state index in [4.69, 9.17) is 0 Å². The molecule has 0 aliphatic rings. The van der Waals surface area contributed by atoms with Crippen molar-refractivity contribution >= 4 is 0 Å². The van der Waals surface area contributed by atoms with Crippen LogP contribution in [0, 0.1) is 19.0 Å². The van der Waals surface area contributed by atoms with Gasteiger partial charge < -0.3 is 0 Å². The van der Waals surface area contributed by atoms with Crippen LogP contribution in [0.4, 0.5) is 4.39 Å². The van der Waals surface area contributed by atoms with Crippen LogP contribution in [0.25, 0.3) is 0 Å². The lowest BCUT2D eigenvalue weighted by Gasteiger charge is -1.92. The Morgan fingerprint density at radius 1 is 1.27 bits per heavy atom. The first-order valence-corrected chi connectivity index (χ1v) is 3.97. The largest absolute Gasteiger partial charge is 0.144 e. The Labute approximate surface area is 68.5 Å². The second kappa shape index (κ2) is 9.23. The van der Waals surface area contributed by atoms with Crippen LogP contribution in [0.5, 0.6) is 0 Å². The summed E-state index contributed by atoms with van der Waals surface area (Å²) in [5, 5.41) is 0. The summed E-state index contributed by atoms with van der Waals surface area (Å²) in [4.78, 5) is 0. The van der Waals surface area contributed by atoms with Gasteiger partial charge in [0.2, 0.25) is 0 Å². The average Bonchev–Trinajstić information content (AvgIpc) is 2.03. The quantitative estimate of drug-likeness (QED) is 0.420. The number of hydrogen-bond donors (Lipinski definition) is 0. The smallest absolute Gasteiger partial charge is 0.110 e. The van der Waals surface area contributed by atoms with Gasteiger partial charge in [0.15, 0.2) is 0 Å². The zero-order valence-corrected chi connectivity index (χ0v) is 6.78. The summed E-state index contributed by atoms with van der Waals surface area (Å²) >= 11 is 0. The third kappa shape index (κ3) is 9.23. The van der Waals surface area contributed by atoms with E-state index in [1.807, 2.05) is 6.08 Å². The van der Waals surface area contributed by atoms with Crippen molar-refractivity contribution in [3.8, 4) is 12.1 Å². The summed E-state index contributed by atoms with van der Waals surface area (Å²) < 4.78 is 11.2. The van der Waals surface area contributed by atoms with E-state index in [-0.39, 0.29) is 0 Å². The number of unbranched alkanes of at least 4 members (excludes halogenated alkanes) is 4. The van der Waals surface area contributed by atoms with Crippen molar-refractivity contribution in [2.75, 3.05) is 0 Å². The fourth-order valence-corrected chi connectivity index (χ4v) is 0.789. The minimum Gasteiger partial charge on any atom is -0.144 e. The van der Waals surface area contributed by atoms with E-state index < -0.39 is 0 Å². The standard InChI is InChI=1S/C10H14F/c1-2-3-4-5-6-7-8-9-10-11/h7-8H,1-6H2/b8-7+. The van der Waals surface area contributed by atoms with Crippen molar-refractivity contribution in [1.82, 2.24) is 0 Å². The maximum atomic E-state index is 11.2. The van der Waals surface area contributed by atoms with Gasteiger partial charge in [-0.15, -0.1) is 4.39 Å². The molecule has 0 N–H and O–H groups in total. The van der Waals surface area contributed by atoms with Gasteiger partial charge in [-0.25, -0.2) is 0 Å². The number of allylic oxidation sites excluding steroid dienone is 2. The predicted molar refractivity (Wildman–Crippen MR) is 46.5 cm³/mol. The molecule has 0 atom stereocenters. The maximum Gasteiger partial charge on any atom is 0.110 e. The molecule has 1 heteroatoms. The molecule has 0 unspecified atom stereocenters. The van der Waals surface area contributed by atoms with Crippen molar-refractivity contribution < 1.29 is 4.39 Å². The SMILES string of the molecule is [CH2]CCCCC/C=C/C#CF. The second-order valence-corrected chi connectivity index (χ2v) is 2.34. The lowest BCUT2D eigenvalue weighted by molar-refractivity contribution is 0.695. The first-order chi connectivity index (χ1) is 5.41. The van der Waals surface area contributed by atoms with E-state index in [0.29, 0.717) is 0 Å². The summed E-state index contributed by atoms with van der Waals surface area (Å²) in [6.07, 6.45) is 10.3. The van der Waals surface area contributed by atoms with Crippen molar-refractivity contribution in [2.45, 2.75) is 32.1 Å². The molecule has 0 saturated carbocycles. The van der Waals surface area contributed by atoms with Gasteiger partial charge in [0.1, 0.15) is 6.17 Å². The van der Waals surface area contributed by atoms with Gasteiger partial charge in [0.05, 0.1) is 0 Å². The van der Waals surface area contributed by atoms with Crippen LogP contribution in [-0.2, 0) is 0 Å². The molecule has 0 aliphatic heterocycles. The van der Waals surface area contributed by atoms with Crippen LogP contribution in [-0.4, -0.2) is 0 Å². The van der Waals surface area contributed by atoms with Gasteiger partial charge in [-0.3, -0.25) is 0 Å². The second-order valence-electron chi connectivity index (χ2n) is 2.34. The minimum absolute atomic E-state index is 0.995. The normalized spacial score (nSPS) is 9.64. The maximum absolute atomic E-state index is 11.2. The fourth-order valence-electron chi connectivity index (χ4n) is 0.789. The number of halogens is 1. The molecule has 1 radical (unpaired) electrons. The molecule has 0 heterocycles. The molecular weight excluding hydrogens is 139 g/mol. The Hall–Kier alpha value is -0.770. The first kappa shape index (κ1) is 10.2. The van der Waals surface area contributed by atoms with Crippen LogP contribution in [0.3, 0.4) is 0 Å². The third-order valence-corrected chi connectivity index (χ3v) is 1.38. The highest BCUT2D eigenvalue weighted by Gasteiger charge is 1.82. The van der Waals surface area contributed by atoms with Crippen molar-refractivity contribution in [3.63, 3.8) is 0 Å². The molecule has 0 fully saturated rings. The molecule has 0 aromatic rings. The summed E-state index contributed by atoms with van der Waals surface area (Å²) in [5.74, 6) is 2.23. The van der Waals surface area contributed by atoms with E-state index >= 15 is 0 Å². The Kier molecular flexibility index (Phi) is 8.58. The zero-order chi connectivity index (χ0) is 8.36. The van der Waals surface area contributed by atoms with E-state index in [1.165, 1.54) is 19.0 Å². The van der Waals surface area contributed by atoms with Gasteiger partial charge >= 0.3 is 0 Å². The summed E-state index contributed by atoms with van der Waals surface area (Å²) in [6.45, 7) is 3.74. The van der Waals surface area contributed by atoms with Crippen molar-refractivity contribution in [3.05, 3.63) is 19.1 Å². The van der Waals surface area contributed by atoms with E-state index in [1.54, 1.807) is 6.08 Å². The van der Waals surface area contributed by atoms with Crippen molar-refractivity contribution in [2.24, 2.45) is 0 Å². The van der Waals surface area contributed by atoms with Gasteiger partial charge in [0.25, 0.3) is 0 Å². The lowest BCUT2D eigenvalue weighted by atomic mass is 10.1. The molecule has 0 nitrogen and oxygen atoms in total. The molecule has 0 spiro atoms. The van der Waals surface area contributed by atoms with E-state index in [0.717, 1.165) is 19.3 Å². The zero-order valence-electron chi connectivity index (χ0n) is 6.78. The van der Waals surface area contributed by atoms with E-state index in [2.05, 4.69) is 12.8 Å². The van der Waals surface area contributed by atoms with Gasteiger partial charge in [-0.2, -0.15) is 0 Å². The predicted octanol–water partition coefficient (Wildman–Crippen LogP) is 3.26. The number of hydrogen-bond acceptors (Lipinski definition) is 0. The minimum atomic E-state index is 0.995. The Bertz CT molecular complexity index is 148. The molecule has 0 aliphatic carbocycles. The van der Waals surface area contributed by atoms with Crippen LogP contribution in [0.2, 0.25) is 0 Å². The first-order valence-electron chi connectivity index (χ1n) is 3.97. The molecule has 0 aromatic heterocycles. The van der Waals surface area contributed by atoms with Gasteiger partial charge in [0, 0.05) is 0 Å². The van der Waals surface area contributed by atoms with Crippen molar-refractivity contribution in [1.29, 1.82) is 0 Å². The molecule has 0 rings (SSSR count). The lowest BCUT2D eigenvalue weighted by Crippen LogP contribution is -1.73. The van der Waals surface area contributed by atoms with Crippen LogP contribution in [0.1, 0.15) is 32.1 Å². The highest BCUT2D eigenvalue weighted by atomic mass is 19.1. The highest BCUT2D eigenvalue weighted by Crippen LogP contribution is 2.02. The summed E-state index contributed by atoms with van der Waals surface area (Å²) in [7, 11) is 0. The molecule has 11 heavy (non-hydrogen) atoms. The van der Waals surface area contributed by atoms with Crippen LogP contribution in [0.15, 0.2) is 12.2 Å². The summed E-state index contributed by atoms with van der Waals surface area (Å²) in [5.41, 5.74) is 0. The molecule has 61 valence electrons. The Morgan fingerprint density at radius 2 is 2.09 bits per heavy atom. The van der Waals surface area contributed by atoms with E-state index in [9.17, 15) is 4.39 Å². The Morgan fingerprint density at radius 3 is 2.73 bits per heavy atom. The number of rotatable bonds is 5. The summed E-state index contributed by atoms with van der Waals surface area (Å²) in [6, 6.07) is 0. The highest BCUT2D eigenvalue weighted by molar-refractivity contribution is 5.11. The van der Waals surface area contributed by atoms with Gasteiger partial charge in [-0.05, 0) is 24.8 Å². The Balaban J connectivity index is 3.05. The molecule has 0 aromatic carbocycles. The average molecular weight is 153 g/mol. The fraction of sp³-hybridized carbons (Fsp3) is 0.500.